The molecule has 0 aliphatic rings. The molecule has 49 heavy (non-hydrogen) atoms. The van der Waals surface area contributed by atoms with E-state index in [1.165, 1.54) is 179 Å². The molecule has 0 amide bonds. The lowest BCUT2D eigenvalue weighted by Crippen LogP contribution is -2.33. The van der Waals surface area contributed by atoms with Crippen LogP contribution in [0.5, 0.6) is 0 Å². The van der Waals surface area contributed by atoms with Gasteiger partial charge in [-0.05, 0) is 25.0 Å². The van der Waals surface area contributed by atoms with Gasteiger partial charge in [0.25, 0.3) is 5.69 Å². The first-order chi connectivity index (χ1) is 23.9. The van der Waals surface area contributed by atoms with Crippen LogP contribution < -0.4 is 0 Å². The summed E-state index contributed by atoms with van der Waals surface area (Å²) in [6.45, 7) is 5.50. The van der Waals surface area contributed by atoms with Crippen molar-refractivity contribution in [3.05, 3.63) is 34.4 Å². The third kappa shape index (κ3) is 25.2. The minimum atomic E-state index is -3.79. The fourth-order valence-electron chi connectivity index (χ4n) is 6.87. The molecule has 1 aromatic carbocycles. The van der Waals surface area contributed by atoms with Crippen LogP contribution in [-0.4, -0.2) is 30.7 Å². The van der Waals surface area contributed by atoms with Crippen LogP contribution in [-0.2, 0) is 10.0 Å². The molecule has 1 radical (unpaired) electrons. The Kier molecular flexibility index (Phi) is 30.2. The highest BCUT2D eigenvalue weighted by molar-refractivity contribution is 7.89. The first-order valence-electron chi connectivity index (χ1n) is 21.1. The molecule has 0 fully saturated rings. The van der Waals surface area contributed by atoms with Gasteiger partial charge in [0.1, 0.15) is 0 Å². The largest absolute Gasteiger partial charge is 0.278 e. The van der Waals surface area contributed by atoms with E-state index in [1.807, 2.05) is 0 Å². The van der Waals surface area contributed by atoms with Crippen molar-refractivity contribution in [1.29, 1.82) is 0 Å². The molecular weight excluding hydrogens is 629 g/mol. The number of nitrogens with zero attached hydrogens (tertiary/aromatic N) is 2. The highest BCUT2D eigenvalue weighted by atomic mass is 32.2. The van der Waals surface area contributed by atoms with E-state index in [1.54, 1.807) is 4.31 Å². The molecule has 1 aromatic rings. The number of non-ortho nitro benzene ring substituents is 1. The maximum absolute atomic E-state index is 13.6. The highest BCUT2D eigenvalue weighted by Crippen LogP contribution is 2.23. The Morgan fingerprint density at radius 3 is 1.10 bits per heavy atom. The molecule has 0 atom stereocenters. The second-order valence-electron chi connectivity index (χ2n) is 14.7. The zero-order chi connectivity index (χ0) is 35.7. The molecule has 0 heterocycles. The van der Waals surface area contributed by atoms with E-state index in [0.717, 1.165) is 44.6 Å². The van der Waals surface area contributed by atoms with Crippen molar-refractivity contribution in [2.24, 2.45) is 0 Å². The molecule has 285 valence electrons. The van der Waals surface area contributed by atoms with Crippen LogP contribution >= 0.6 is 0 Å². The number of hydrogen-bond donors (Lipinski definition) is 0. The van der Waals surface area contributed by atoms with Gasteiger partial charge in [0.15, 0.2) is 0 Å². The second-order valence-corrected chi connectivity index (χ2v) is 16.6. The predicted molar refractivity (Wildman–Crippen MR) is 210 cm³/mol. The van der Waals surface area contributed by atoms with Crippen molar-refractivity contribution in [3.8, 4) is 0 Å². The molecule has 7 heteroatoms. The third-order valence-electron chi connectivity index (χ3n) is 10.1. The fourth-order valence-corrected chi connectivity index (χ4v) is 8.41. The quantitative estimate of drug-likeness (QED) is 0.0392. The van der Waals surface area contributed by atoms with E-state index in [9.17, 15) is 18.5 Å². The Hall–Kier alpha value is -1.47. The van der Waals surface area contributed by atoms with Gasteiger partial charge < -0.3 is 0 Å². The number of sulfonamides is 1. The van der Waals surface area contributed by atoms with Crippen LogP contribution in [0.2, 0.25) is 0 Å². The van der Waals surface area contributed by atoms with Gasteiger partial charge in [0.2, 0.25) is 10.0 Å². The van der Waals surface area contributed by atoms with E-state index in [2.05, 4.69) is 19.9 Å². The molecule has 0 aromatic heterocycles. The molecule has 0 aliphatic carbocycles. The molecular formula is C42H77N2O4S. The lowest BCUT2D eigenvalue weighted by Gasteiger charge is -2.22. The molecule has 0 saturated carbocycles. The maximum atomic E-state index is 13.6. The van der Waals surface area contributed by atoms with E-state index < -0.39 is 14.9 Å². The Morgan fingerprint density at radius 1 is 0.531 bits per heavy atom. The zero-order valence-electron chi connectivity index (χ0n) is 32.2. The average Bonchev–Trinajstić information content (AvgIpc) is 3.10. The second kappa shape index (κ2) is 32.4. The van der Waals surface area contributed by atoms with E-state index in [4.69, 9.17) is 0 Å². The number of nitro groups is 1. The van der Waals surface area contributed by atoms with Crippen molar-refractivity contribution in [3.63, 3.8) is 0 Å². The number of rotatable bonds is 37. The number of hydrogen-bond acceptors (Lipinski definition) is 4. The van der Waals surface area contributed by atoms with Gasteiger partial charge in [-0.1, -0.05) is 206 Å². The molecule has 0 unspecified atom stereocenters. The van der Waals surface area contributed by atoms with Crippen molar-refractivity contribution in [1.82, 2.24) is 4.31 Å². The Labute approximate surface area is 304 Å². The summed E-state index contributed by atoms with van der Waals surface area (Å²) in [6, 6.07) is 6.49. The van der Waals surface area contributed by atoms with Crippen molar-refractivity contribution in [2.75, 3.05) is 13.1 Å². The minimum Gasteiger partial charge on any atom is -0.258 e. The van der Waals surface area contributed by atoms with Gasteiger partial charge in [0.05, 0.1) is 15.9 Å². The highest BCUT2D eigenvalue weighted by Gasteiger charge is 2.25. The Morgan fingerprint density at radius 2 is 0.816 bits per heavy atom. The number of nitro benzene ring substituents is 1. The van der Waals surface area contributed by atoms with Crippen LogP contribution in [0.15, 0.2) is 23.1 Å². The normalized spacial score (nSPS) is 11.9. The molecule has 0 aliphatic heterocycles. The summed E-state index contributed by atoms with van der Waals surface area (Å²) in [4.78, 5) is 10.7. The predicted octanol–water partition coefficient (Wildman–Crippen LogP) is 13.9. The topological polar surface area (TPSA) is 80.5 Å². The Bertz CT molecular complexity index is 964. The van der Waals surface area contributed by atoms with Gasteiger partial charge in [-0.2, -0.15) is 4.31 Å². The lowest BCUT2D eigenvalue weighted by atomic mass is 10.0. The monoisotopic (exact) mass is 706 g/mol. The molecule has 6 nitrogen and oxygen atoms in total. The summed E-state index contributed by atoms with van der Waals surface area (Å²) in [7, 11) is -3.79. The van der Waals surface area contributed by atoms with Crippen LogP contribution in [0, 0.1) is 16.2 Å². The SMILES string of the molecule is CCCCCCCCCCCCCCCCCCN(CCCCCCCCCCCCCCCCCC)S(=O)(=O)c1cc[c]c([N+](=O)[O-])c1. The van der Waals surface area contributed by atoms with Gasteiger partial charge in [-0.15, -0.1) is 0 Å². The van der Waals surface area contributed by atoms with Crippen LogP contribution in [0.3, 0.4) is 0 Å². The zero-order valence-corrected chi connectivity index (χ0v) is 33.0. The first kappa shape index (κ1) is 45.6. The van der Waals surface area contributed by atoms with Crippen LogP contribution in [0.25, 0.3) is 0 Å². The van der Waals surface area contributed by atoms with Crippen molar-refractivity contribution < 1.29 is 13.3 Å². The van der Waals surface area contributed by atoms with Gasteiger partial charge >= 0.3 is 0 Å². The summed E-state index contributed by atoms with van der Waals surface area (Å²) in [5.41, 5.74) is -0.300. The summed E-state index contributed by atoms with van der Waals surface area (Å²) in [5, 5.41) is 11.3. The molecule has 0 N–H and O–H groups in total. The van der Waals surface area contributed by atoms with Gasteiger partial charge in [-0.25, -0.2) is 8.42 Å². The maximum Gasteiger partial charge on any atom is 0.278 e. The Balaban J connectivity index is 2.28. The number of benzene rings is 1. The van der Waals surface area contributed by atoms with E-state index >= 15 is 0 Å². The average molecular weight is 706 g/mol. The van der Waals surface area contributed by atoms with Crippen molar-refractivity contribution in [2.45, 2.75) is 224 Å². The standard InChI is InChI=1S/C42H77N2O4S/c1-3-5-7-9-11-13-15-17-19-21-23-25-27-29-31-33-38-43(49(47,48)42-37-35-36-41(40-42)44(45)46)39-34-32-30-28-26-24-22-20-18-16-14-12-10-8-6-4-2/h35,37,40H,3-34,38-39H2,1-2H3. The minimum absolute atomic E-state index is 0.00550. The van der Waals surface area contributed by atoms with Crippen LogP contribution in [0.1, 0.15) is 219 Å². The summed E-state index contributed by atoms with van der Waals surface area (Å²) < 4.78 is 28.7. The summed E-state index contributed by atoms with van der Waals surface area (Å²) in [6.07, 6.45) is 41.1. The fraction of sp³-hybridized carbons (Fsp3) is 0.857. The smallest absolute Gasteiger partial charge is 0.258 e. The van der Waals surface area contributed by atoms with Crippen molar-refractivity contribution >= 4 is 15.7 Å². The number of unbranched alkanes of at least 4 members (excludes halogenated alkanes) is 30. The molecule has 0 bridgehead atoms. The van der Waals surface area contributed by atoms with E-state index in [-0.39, 0.29) is 10.6 Å². The van der Waals surface area contributed by atoms with Crippen LogP contribution in [0.4, 0.5) is 5.69 Å². The molecule has 0 saturated heterocycles. The van der Waals surface area contributed by atoms with E-state index in [0.29, 0.717) is 13.1 Å². The summed E-state index contributed by atoms with van der Waals surface area (Å²) in [5.74, 6) is 0. The van der Waals surface area contributed by atoms with Gasteiger partial charge in [-0.3, -0.25) is 10.1 Å². The third-order valence-corrected chi connectivity index (χ3v) is 12.0. The first-order valence-corrected chi connectivity index (χ1v) is 22.5. The molecule has 0 spiro atoms. The summed E-state index contributed by atoms with van der Waals surface area (Å²) >= 11 is 0. The lowest BCUT2D eigenvalue weighted by molar-refractivity contribution is -0.385. The molecule has 1 rings (SSSR count). The van der Waals surface area contributed by atoms with Gasteiger partial charge in [0, 0.05) is 19.2 Å².